The van der Waals surface area contributed by atoms with Gasteiger partial charge in [-0.25, -0.2) is 13.1 Å². The van der Waals surface area contributed by atoms with Crippen LogP contribution in [0, 0.1) is 0 Å². The normalized spacial score (nSPS) is 13.7. The van der Waals surface area contributed by atoms with E-state index in [1.165, 1.54) is 0 Å². The van der Waals surface area contributed by atoms with Gasteiger partial charge in [-0.3, -0.25) is 0 Å². The minimum absolute atomic E-state index is 0.0199. The van der Waals surface area contributed by atoms with Crippen LogP contribution in [0.15, 0.2) is 29.2 Å². The summed E-state index contributed by atoms with van der Waals surface area (Å²) in [6.07, 6.45) is 2.34. The first-order valence-electron chi connectivity index (χ1n) is 6.82. The van der Waals surface area contributed by atoms with Crippen LogP contribution >= 0.6 is 0 Å². The number of nitrogens with two attached hydrogens (primary N) is 1. The Balaban J connectivity index is 3.01. The van der Waals surface area contributed by atoms with Crippen molar-refractivity contribution in [3.8, 4) is 0 Å². The molecule has 0 heterocycles. The van der Waals surface area contributed by atoms with Crippen LogP contribution in [0.1, 0.15) is 51.6 Å². The molecule has 5 heteroatoms. The molecule has 19 heavy (non-hydrogen) atoms. The first-order valence-corrected chi connectivity index (χ1v) is 8.30. The summed E-state index contributed by atoms with van der Waals surface area (Å²) in [7, 11) is -3.45. The first kappa shape index (κ1) is 16.1. The Bertz CT molecular complexity index is 496. The van der Waals surface area contributed by atoms with E-state index in [0.29, 0.717) is 4.90 Å². The minimum Gasteiger partial charge on any atom is -0.324 e. The maximum atomic E-state index is 12.3. The second-order valence-electron chi connectivity index (χ2n) is 4.72. The number of benzene rings is 1. The third-order valence-electron chi connectivity index (χ3n) is 3.34. The number of hydrogen-bond acceptors (Lipinski definition) is 3. The van der Waals surface area contributed by atoms with Crippen molar-refractivity contribution >= 4 is 10.0 Å². The number of sulfonamides is 1. The van der Waals surface area contributed by atoms with Gasteiger partial charge in [-0.2, -0.15) is 0 Å². The van der Waals surface area contributed by atoms with Crippen molar-refractivity contribution in [1.82, 2.24) is 4.72 Å². The summed E-state index contributed by atoms with van der Waals surface area (Å²) >= 11 is 0. The molecule has 0 aliphatic carbocycles. The van der Waals surface area contributed by atoms with Gasteiger partial charge in [0.25, 0.3) is 0 Å². The van der Waals surface area contributed by atoms with Crippen molar-refractivity contribution in [2.24, 2.45) is 5.73 Å². The molecule has 1 rings (SSSR count). The molecule has 1 unspecified atom stereocenters. The maximum Gasteiger partial charge on any atom is 0.240 e. The van der Waals surface area contributed by atoms with Crippen molar-refractivity contribution in [1.29, 1.82) is 0 Å². The van der Waals surface area contributed by atoms with Gasteiger partial charge in [-0.05, 0) is 37.0 Å². The average Bonchev–Trinajstić information content (AvgIpc) is 2.44. The Labute approximate surface area is 116 Å². The molecule has 0 aliphatic heterocycles. The molecule has 4 nitrogen and oxygen atoms in total. The lowest BCUT2D eigenvalue weighted by molar-refractivity contribution is 0.530. The summed E-state index contributed by atoms with van der Waals surface area (Å²) in [6, 6.07) is 6.74. The van der Waals surface area contributed by atoms with Gasteiger partial charge < -0.3 is 5.73 Å². The molecule has 0 bridgehead atoms. The number of rotatable bonds is 7. The predicted molar refractivity (Wildman–Crippen MR) is 78.4 cm³/mol. The molecule has 0 amide bonds. The summed E-state index contributed by atoms with van der Waals surface area (Å²) in [6.45, 7) is 5.93. The fourth-order valence-corrected chi connectivity index (χ4v) is 3.35. The van der Waals surface area contributed by atoms with Crippen LogP contribution in [0.4, 0.5) is 0 Å². The molecule has 1 aromatic rings. The van der Waals surface area contributed by atoms with E-state index >= 15 is 0 Å². The Morgan fingerprint density at radius 2 is 1.79 bits per heavy atom. The molecule has 108 valence electrons. The number of nitrogens with one attached hydrogen (secondary N) is 1. The highest BCUT2D eigenvalue weighted by Gasteiger charge is 2.18. The summed E-state index contributed by atoms with van der Waals surface area (Å²) in [5.41, 5.74) is 6.80. The third kappa shape index (κ3) is 4.30. The summed E-state index contributed by atoms with van der Waals surface area (Å²) in [4.78, 5) is 0.292. The average molecular weight is 284 g/mol. The van der Waals surface area contributed by atoms with Crippen molar-refractivity contribution in [3.05, 3.63) is 29.8 Å². The molecule has 0 spiro atoms. The van der Waals surface area contributed by atoms with Gasteiger partial charge in [-0.1, -0.05) is 32.9 Å². The second kappa shape index (κ2) is 7.03. The van der Waals surface area contributed by atoms with Crippen molar-refractivity contribution in [2.75, 3.05) is 0 Å². The predicted octanol–water partition coefficient (Wildman–Crippen LogP) is 2.56. The Hall–Kier alpha value is -0.910. The zero-order chi connectivity index (χ0) is 14.5. The van der Waals surface area contributed by atoms with Gasteiger partial charge in [-0.15, -0.1) is 0 Å². The van der Waals surface area contributed by atoms with Gasteiger partial charge in [0.1, 0.15) is 0 Å². The van der Waals surface area contributed by atoms with Gasteiger partial charge in [0.05, 0.1) is 4.90 Å². The molecule has 1 atom stereocenters. The highest BCUT2D eigenvalue weighted by molar-refractivity contribution is 7.89. The number of hydrogen-bond donors (Lipinski definition) is 2. The van der Waals surface area contributed by atoms with Crippen LogP contribution < -0.4 is 10.5 Å². The van der Waals surface area contributed by atoms with E-state index in [-0.39, 0.29) is 12.1 Å². The lowest BCUT2D eigenvalue weighted by Crippen LogP contribution is -2.33. The van der Waals surface area contributed by atoms with E-state index < -0.39 is 10.0 Å². The van der Waals surface area contributed by atoms with E-state index in [1.807, 2.05) is 26.8 Å². The lowest BCUT2D eigenvalue weighted by atomic mass is 10.1. The zero-order valence-corrected chi connectivity index (χ0v) is 12.7. The zero-order valence-electron chi connectivity index (χ0n) is 11.9. The van der Waals surface area contributed by atoms with E-state index in [2.05, 4.69) is 4.72 Å². The van der Waals surface area contributed by atoms with E-state index in [0.717, 1.165) is 24.8 Å². The quantitative estimate of drug-likeness (QED) is 0.808. The van der Waals surface area contributed by atoms with Crippen LogP contribution in [-0.2, 0) is 10.0 Å². The Kier molecular flexibility index (Phi) is 5.97. The monoisotopic (exact) mass is 284 g/mol. The van der Waals surface area contributed by atoms with Gasteiger partial charge in [0, 0.05) is 12.1 Å². The molecule has 0 aliphatic rings. The summed E-state index contributed by atoms with van der Waals surface area (Å²) in [5, 5.41) is 0. The fourth-order valence-electron chi connectivity index (χ4n) is 1.89. The van der Waals surface area contributed by atoms with Gasteiger partial charge >= 0.3 is 0 Å². The molecular weight excluding hydrogens is 260 g/mol. The molecular formula is C14H24N2O2S. The molecule has 0 radical (unpaired) electrons. The van der Waals surface area contributed by atoms with Crippen LogP contribution in [0.2, 0.25) is 0 Å². The summed E-state index contributed by atoms with van der Waals surface area (Å²) < 4.78 is 27.3. The van der Waals surface area contributed by atoms with Crippen LogP contribution in [-0.4, -0.2) is 14.5 Å². The van der Waals surface area contributed by atoms with Crippen LogP contribution in [0.25, 0.3) is 0 Å². The minimum atomic E-state index is -3.45. The molecule has 0 saturated heterocycles. The highest BCUT2D eigenvalue weighted by atomic mass is 32.2. The van der Waals surface area contributed by atoms with Gasteiger partial charge in [0.15, 0.2) is 0 Å². The molecule has 1 aromatic carbocycles. The Morgan fingerprint density at radius 3 is 2.32 bits per heavy atom. The first-order chi connectivity index (χ1) is 8.94. The van der Waals surface area contributed by atoms with E-state index in [9.17, 15) is 8.42 Å². The molecule has 0 fully saturated rings. The molecule has 3 N–H and O–H groups in total. The maximum absolute atomic E-state index is 12.3. The standard InChI is InChI=1S/C14H24N2O2S/c1-4-12(5-2)16-19(17,18)13-9-7-8-11(10-13)14(15)6-3/h7-10,12,14,16H,4-6,15H2,1-3H3. The topological polar surface area (TPSA) is 72.2 Å². The third-order valence-corrected chi connectivity index (χ3v) is 4.86. The van der Waals surface area contributed by atoms with Crippen LogP contribution in [0.3, 0.4) is 0 Å². The van der Waals surface area contributed by atoms with Crippen molar-refractivity contribution in [3.63, 3.8) is 0 Å². The lowest BCUT2D eigenvalue weighted by Gasteiger charge is -2.16. The van der Waals surface area contributed by atoms with Gasteiger partial charge in [0.2, 0.25) is 10.0 Å². The SMILES string of the molecule is CCC(CC)NS(=O)(=O)c1cccc(C(N)CC)c1. The van der Waals surface area contributed by atoms with E-state index in [4.69, 9.17) is 5.73 Å². The highest BCUT2D eigenvalue weighted by Crippen LogP contribution is 2.18. The van der Waals surface area contributed by atoms with Crippen molar-refractivity contribution in [2.45, 2.75) is 57.0 Å². The summed E-state index contributed by atoms with van der Waals surface area (Å²) in [5.74, 6) is 0. The van der Waals surface area contributed by atoms with E-state index in [1.54, 1.807) is 18.2 Å². The largest absolute Gasteiger partial charge is 0.324 e. The van der Waals surface area contributed by atoms with Crippen molar-refractivity contribution < 1.29 is 8.42 Å². The smallest absolute Gasteiger partial charge is 0.240 e. The Morgan fingerprint density at radius 1 is 1.16 bits per heavy atom. The second-order valence-corrected chi connectivity index (χ2v) is 6.44. The molecule has 0 aromatic heterocycles. The fraction of sp³-hybridized carbons (Fsp3) is 0.571. The molecule has 0 saturated carbocycles. The van der Waals surface area contributed by atoms with Crippen LogP contribution in [0.5, 0.6) is 0 Å².